The fourth-order valence-electron chi connectivity index (χ4n) is 2.59. The minimum absolute atomic E-state index is 0.373. The summed E-state index contributed by atoms with van der Waals surface area (Å²) in [6.07, 6.45) is 3.50. The van der Waals surface area contributed by atoms with Crippen molar-refractivity contribution in [2.75, 3.05) is 24.7 Å². The van der Waals surface area contributed by atoms with E-state index in [0.717, 1.165) is 31.6 Å². The molecule has 0 aromatic heterocycles. The van der Waals surface area contributed by atoms with E-state index in [0.29, 0.717) is 17.0 Å². The molecule has 0 unspecified atom stereocenters. The van der Waals surface area contributed by atoms with Gasteiger partial charge in [0.1, 0.15) is 0 Å². The zero-order valence-electron chi connectivity index (χ0n) is 12.5. The lowest BCUT2D eigenvalue weighted by Gasteiger charge is -2.35. The van der Waals surface area contributed by atoms with E-state index in [2.05, 4.69) is 24.1 Å². The first-order chi connectivity index (χ1) is 9.36. The van der Waals surface area contributed by atoms with Crippen LogP contribution in [0.1, 0.15) is 26.7 Å². The molecule has 2 rings (SSSR count). The third-order valence-corrected chi connectivity index (χ3v) is 5.04. The van der Waals surface area contributed by atoms with Gasteiger partial charge in [0.25, 0.3) is 0 Å². The van der Waals surface area contributed by atoms with Crippen molar-refractivity contribution in [2.45, 2.75) is 43.7 Å². The second-order valence-electron chi connectivity index (χ2n) is 5.84. The highest BCUT2D eigenvalue weighted by Crippen LogP contribution is 2.19. The van der Waals surface area contributed by atoms with Gasteiger partial charge in [-0.25, -0.2) is 8.42 Å². The Balaban J connectivity index is 1.92. The zero-order chi connectivity index (χ0) is 14.8. The highest BCUT2D eigenvalue weighted by Gasteiger charge is 2.20. The predicted octanol–water partition coefficient (Wildman–Crippen LogP) is 2.37. The summed E-state index contributed by atoms with van der Waals surface area (Å²) in [5.74, 6) is 0. The summed E-state index contributed by atoms with van der Waals surface area (Å²) in [6.45, 7) is 6.71. The lowest BCUT2D eigenvalue weighted by atomic mass is 10.0. The first-order valence-electron chi connectivity index (χ1n) is 7.17. The number of nitrogens with zero attached hydrogens (tertiary/aromatic N) is 1. The first-order valence-corrected chi connectivity index (χ1v) is 9.06. The number of hydrogen-bond donors (Lipinski definition) is 1. The third-order valence-electron chi connectivity index (χ3n) is 3.91. The van der Waals surface area contributed by atoms with Gasteiger partial charge >= 0.3 is 0 Å². The molecule has 0 spiro atoms. The van der Waals surface area contributed by atoms with Crippen LogP contribution in [-0.4, -0.2) is 44.7 Å². The van der Waals surface area contributed by atoms with Crippen molar-refractivity contribution >= 4 is 15.5 Å². The monoisotopic (exact) mass is 296 g/mol. The summed E-state index contributed by atoms with van der Waals surface area (Å²) in [5.41, 5.74) is 1.00. The Bertz CT molecular complexity index is 529. The number of benzene rings is 1. The van der Waals surface area contributed by atoms with Crippen molar-refractivity contribution in [1.29, 1.82) is 0 Å². The Labute approximate surface area is 122 Å². The van der Waals surface area contributed by atoms with Crippen molar-refractivity contribution in [3.63, 3.8) is 0 Å². The van der Waals surface area contributed by atoms with Crippen LogP contribution in [-0.2, 0) is 9.84 Å². The van der Waals surface area contributed by atoms with Gasteiger partial charge in [-0.3, -0.25) is 0 Å². The Hall–Kier alpha value is -1.07. The minimum Gasteiger partial charge on any atom is -0.382 e. The molecule has 0 atom stereocenters. The zero-order valence-corrected chi connectivity index (χ0v) is 13.3. The number of hydrogen-bond acceptors (Lipinski definition) is 4. The van der Waals surface area contributed by atoms with Gasteiger partial charge in [-0.15, -0.1) is 0 Å². The summed E-state index contributed by atoms with van der Waals surface area (Å²) in [6, 6.07) is 8.14. The molecule has 112 valence electrons. The third kappa shape index (κ3) is 3.96. The van der Waals surface area contributed by atoms with Crippen LogP contribution in [0.3, 0.4) is 0 Å². The van der Waals surface area contributed by atoms with Crippen LogP contribution in [0.25, 0.3) is 0 Å². The molecule has 1 N–H and O–H groups in total. The lowest BCUT2D eigenvalue weighted by Crippen LogP contribution is -2.42. The highest BCUT2D eigenvalue weighted by molar-refractivity contribution is 7.90. The maximum atomic E-state index is 11.4. The fraction of sp³-hybridized carbons (Fsp3) is 0.600. The van der Waals surface area contributed by atoms with Crippen molar-refractivity contribution in [3.8, 4) is 0 Å². The fourth-order valence-corrected chi connectivity index (χ4v) is 3.22. The smallest absolute Gasteiger partial charge is 0.175 e. The number of sulfone groups is 1. The molecule has 1 aliphatic rings. The number of rotatable bonds is 4. The van der Waals surface area contributed by atoms with Gasteiger partial charge in [-0.2, -0.15) is 0 Å². The second kappa shape index (κ2) is 6.14. The summed E-state index contributed by atoms with van der Waals surface area (Å²) in [5, 5.41) is 3.50. The van der Waals surface area contributed by atoms with Crippen LogP contribution in [0, 0.1) is 0 Å². The van der Waals surface area contributed by atoms with Gasteiger partial charge in [0.2, 0.25) is 0 Å². The Morgan fingerprint density at radius 3 is 2.15 bits per heavy atom. The van der Waals surface area contributed by atoms with Gasteiger partial charge in [-0.1, -0.05) is 0 Å². The largest absolute Gasteiger partial charge is 0.382 e. The average Bonchev–Trinajstić information content (AvgIpc) is 2.39. The summed E-state index contributed by atoms with van der Waals surface area (Å²) >= 11 is 0. The van der Waals surface area contributed by atoms with E-state index < -0.39 is 9.84 Å². The standard InChI is InChI=1S/C15H24N2O2S/c1-12(2)17-10-8-14(9-11-17)16-13-4-6-15(7-5-13)20(3,18)19/h4-7,12,14,16H,8-11H2,1-3H3. The van der Waals surface area contributed by atoms with Crippen molar-refractivity contribution < 1.29 is 8.42 Å². The molecule has 0 bridgehead atoms. The number of likely N-dealkylation sites (tertiary alicyclic amines) is 1. The first kappa shape index (κ1) is 15.3. The molecule has 0 aliphatic carbocycles. The maximum Gasteiger partial charge on any atom is 0.175 e. The Morgan fingerprint density at radius 1 is 1.15 bits per heavy atom. The minimum atomic E-state index is -3.10. The van der Waals surface area contributed by atoms with E-state index in [9.17, 15) is 8.42 Å². The van der Waals surface area contributed by atoms with Crippen LogP contribution < -0.4 is 5.32 Å². The number of piperidine rings is 1. The molecule has 5 heteroatoms. The molecule has 1 saturated heterocycles. The summed E-state index contributed by atoms with van der Waals surface area (Å²) in [7, 11) is -3.10. The van der Waals surface area contributed by atoms with Crippen LogP contribution in [0.5, 0.6) is 0 Å². The average molecular weight is 296 g/mol. The van der Waals surface area contributed by atoms with E-state index in [1.165, 1.54) is 6.26 Å². The predicted molar refractivity (Wildman–Crippen MR) is 82.9 cm³/mol. The molecule has 1 aromatic rings. The van der Waals surface area contributed by atoms with Crippen molar-refractivity contribution in [3.05, 3.63) is 24.3 Å². The van der Waals surface area contributed by atoms with Gasteiger partial charge < -0.3 is 10.2 Å². The quantitative estimate of drug-likeness (QED) is 0.927. The maximum absolute atomic E-state index is 11.4. The number of nitrogens with one attached hydrogen (secondary N) is 1. The highest BCUT2D eigenvalue weighted by atomic mass is 32.2. The SMILES string of the molecule is CC(C)N1CCC(Nc2ccc(S(C)(=O)=O)cc2)CC1. The molecule has 0 radical (unpaired) electrons. The molecule has 1 aromatic carbocycles. The molecule has 0 amide bonds. The Morgan fingerprint density at radius 2 is 1.70 bits per heavy atom. The molecule has 1 heterocycles. The molecule has 20 heavy (non-hydrogen) atoms. The van der Waals surface area contributed by atoms with E-state index in [-0.39, 0.29) is 0 Å². The van der Waals surface area contributed by atoms with Gasteiger partial charge in [0.05, 0.1) is 4.90 Å². The molecule has 1 aliphatic heterocycles. The molecular weight excluding hydrogens is 272 g/mol. The summed E-state index contributed by atoms with van der Waals surface area (Å²) in [4.78, 5) is 2.86. The number of anilines is 1. The van der Waals surface area contributed by atoms with Crippen molar-refractivity contribution in [1.82, 2.24) is 4.90 Å². The molecule has 4 nitrogen and oxygen atoms in total. The van der Waals surface area contributed by atoms with Crippen LogP contribution in [0.4, 0.5) is 5.69 Å². The molecule has 1 fully saturated rings. The summed E-state index contributed by atoms with van der Waals surface area (Å²) < 4.78 is 22.8. The topological polar surface area (TPSA) is 49.4 Å². The van der Waals surface area contributed by atoms with Gasteiger partial charge in [0, 0.05) is 37.1 Å². The normalized spacial score (nSPS) is 18.4. The van der Waals surface area contributed by atoms with Gasteiger partial charge in [0.15, 0.2) is 9.84 Å². The molecular formula is C15H24N2O2S. The van der Waals surface area contributed by atoms with E-state index >= 15 is 0 Å². The van der Waals surface area contributed by atoms with Crippen LogP contribution in [0.2, 0.25) is 0 Å². The lowest BCUT2D eigenvalue weighted by molar-refractivity contribution is 0.177. The Kier molecular flexibility index (Phi) is 4.70. The second-order valence-corrected chi connectivity index (χ2v) is 7.86. The van der Waals surface area contributed by atoms with Gasteiger partial charge in [-0.05, 0) is 51.0 Å². The van der Waals surface area contributed by atoms with Crippen LogP contribution in [0.15, 0.2) is 29.2 Å². The van der Waals surface area contributed by atoms with Crippen LogP contribution >= 0.6 is 0 Å². The molecule has 0 saturated carbocycles. The van der Waals surface area contributed by atoms with E-state index in [4.69, 9.17) is 0 Å². The van der Waals surface area contributed by atoms with E-state index in [1.54, 1.807) is 12.1 Å². The van der Waals surface area contributed by atoms with Crippen molar-refractivity contribution in [2.24, 2.45) is 0 Å². The van der Waals surface area contributed by atoms with E-state index in [1.807, 2.05) is 12.1 Å².